The standard InChI is InChI=1S/C21H32O/c1-4-14-6-8-18-17-7-5-15-13-16(22)9-11-21(15,3)19(17)10-12-20(14,18)2/h4,13,16-19,22H,5-12H2,1-3H3/t16-,17?,18?,19?,20-,21+/m1/s1. The first kappa shape index (κ1) is 15.0. The number of hydrogen-bond acceptors (Lipinski definition) is 1. The minimum absolute atomic E-state index is 0.172. The van der Waals surface area contributed by atoms with Gasteiger partial charge in [0, 0.05) is 0 Å². The minimum Gasteiger partial charge on any atom is -0.389 e. The van der Waals surface area contributed by atoms with Crippen LogP contribution in [0.25, 0.3) is 0 Å². The van der Waals surface area contributed by atoms with Crippen LogP contribution in [0, 0.1) is 28.6 Å². The zero-order valence-electron chi connectivity index (χ0n) is 14.6. The number of rotatable bonds is 0. The number of allylic oxidation sites excluding steroid dienone is 3. The fourth-order valence-corrected chi connectivity index (χ4v) is 7.03. The molecule has 0 spiro atoms. The fourth-order valence-electron chi connectivity index (χ4n) is 7.03. The summed E-state index contributed by atoms with van der Waals surface area (Å²) in [5.41, 5.74) is 4.24. The molecule has 0 aromatic carbocycles. The molecule has 3 unspecified atom stereocenters. The molecule has 4 aliphatic rings. The Balaban J connectivity index is 1.68. The molecule has 0 amide bonds. The van der Waals surface area contributed by atoms with Gasteiger partial charge in [-0.1, -0.05) is 37.1 Å². The van der Waals surface area contributed by atoms with E-state index in [-0.39, 0.29) is 6.10 Å². The summed E-state index contributed by atoms with van der Waals surface area (Å²) in [6.07, 6.45) is 14.8. The molecule has 0 radical (unpaired) electrons. The molecule has 3 fully saturated rings. The van der Waals surface area contributed by atoms with Gasteiger partial charge in [-0.3, -0.25) is 0 Å². The van der Waals surface area contributed by atoms with E-state index in [1.807, 2.05) is 0 Å². The first-order valence-electron chi connectivity index (χ1n) is 9.54. The van der Waals surface area contributed by atoms with Gasteiger partial charge in [-0.2, -0.15) is 0 Å². The molecule has 3 saturated carbocycles. The molecule has 122 valence electrons. The van der Waals surface area contributed by atoms with E-state index in [1.165, 1.54) is 44.9 Å². The molecule has 1 heteroatoms. The second kappa shape index (κ2) is 4.97. The Kier molecular flexibility index (Phi) is 3.39. The fraction of sp³-hybridized carbons (Fsp3) is 0.810. The van der Waals surface area contributed by atoms with E-state index < -0.39 is 0 Å². The van der Waals surface area contributed by atoms with Crippen LogP contribution in [0.15, 0.2) is 23.3 Å². The van der Waals surface area contributed by atoms with Crippen molar-refractivity contribution in [2.24, 2.45) is 28.6 Å². The maximum atomic E-state index is 10.0. The van der Waals surface area contributed by atoms with Crippen molar-refractivity contribution in [2.45, 2.75) is 78.2 Å². The molecule has 4 rings (SSSR count). The molecule has 0 aliphatic heterocycles. The summed E-state index contributed by atoms with van der Waals surface area (Å²) in [5.74, 6) is 2.71. The maximum Gasteiger partial charge on any atom is 0.0724 e. The zero-order chi connectivity index (χ0) is 15.5. The first-order valence-corrected chi connectivity index (χ1v) is 9.54. The van der Waals surface area contributed by atoms with Crippen molar-refractivity contribution in [1.82, 2.24) is 0 Å². The van der Waals surface area contributed by atoms with Crippen LogP contribution in [0.2, 0.25) is 0 Å². The van der Waals surface area contributed by atoms with Gasteiger partial charge in [0.05, 0.1) is 6.10 Å². The largest absolute Gasteiger partial charge is 0.389 e. The lowest BCUT2D eigenvalue weighted by Crippen LogP contribution is -2.49. The Morgan fingerprint density at radius 3 is 2.50 bits per heavy atom. The zero-order valence-corrected chi connectivity index (χ0v) is 14.6. The van der Waals surface area contributed by atoms with Gasteiger partial charge < -0.3 is 5.11 Å². The van der Waals surface area contributed by atoms with Gasteiger partial charge >= 0.3 is 0 Å². The maximum absolute atomic E-state index is 10.0. The second-order valence-corrected chi connectivity index (χ2v) is 8.94. The predicted octanol–water partition coefficient (Wildman–Crippen LogP) is 5.26. The van der Waals surface area contributed by atoms with E-state index >= 15 is 0 Å². The van der Waals surface area contributed by atoms with Crippen molar-refractivity contribution in [3.8, 4) is 0 Å². The van der Waals surface area contributed by atoms with E-state index in [1.54, 1.807) is 11.1 Å². The topological polar surface area (TPSA) is 20.2 Å². The predicted molar refractivity (Wildman–Crippen MR) is 91.5 cm³/mol. The molecule has 6 atom stereocenters. The van der Waals surface area contributed by atoms with Crippen LogP contribution < -0.4 is 0 Å². The van der Waals surface area contributed by atoms with Crippen LogP contribution in [0.5, 0.6) is 0 Å². The molecular formula is C21H32O. The summed E-state index contributed by atoms with van der Waals surface area (Å²) in [6, 6.07) is 0. The van der Waals surface area contributed by atoms with Crippen LogP contribution in [0.1, 0.15) is 72.1 Å². The molecule has 0 heterocycles. The highest BCUT2D eigenvalue weighted by atomic mass is 16.3. The Bertz CT molecular complexity index is 530. The monoisotopic (exact) mass is 300 g/mol. The normalized spacial score (nSPS) is 52.7. The van der Waals surface area contributed by atoms with Crippen LogP contribution in [0.3, 0.4) is 0 Å². The van der Waals surface area contributed by atoms with Gasteiger partial charge in [-0.25, -0.2) is 0 Å². The quantitative estimate of drug-likeness (QED) is 0.605. The highest BCUT2D eigenvalue weighted by Crippen LogP contribution is 2.66. The number of aliphatic hydroxyl groups is 1. The van der Waals surface area contributed by atoms with Crippen molar-refractivity contribution in [1.29, 1.82) is 0 Å². The van der Waals surface area contributed by atoms with Gasteiger partial charge in [0.15, 0.2) is 0 Å². The van der Waals surface area contributed by atoms with Crippen LogP contribution in [-0.4, -0.2) is 11.2 Å². The van der Waals surface area contributed by atoms with E-state index in [9.17, 15) is 5.11 Å². The molecule has 0 saturated heterocycles. The molecule has 1 N–H and O–H groups in total. The number of aliphatic hydroxyl groups excluding tert-OH is 1. The van der Waals surface area contributed by atoms with Gasteiger partial charge in [0.1, 0.15) is 0 Å². The Morgan fingerprint density at radius 2 is 1.73 bits per heavy atom. The molecule has 22 heavy (non-hydrogen) atoms. The third-order valence-corrected chi connectivity index (χ3v) is 8.29. The highest BCUT2D eigenvalue weighted by Gasteiger charge is 2.57. The Morgan fingerprint density at radius 1 is 1.00 bits per heavy atom. The first-order chi connectivity index (χ1) is 10.5. The summed E-state index contributed by atoms with van der Waals surface area (Å²) in [6.45, 7) is 7.34. The lowest BCUT2D eigenvalue weighted by molar-refractivity contribution is -0.0314. The molecule has 0 bridgehead atoms. The Labute approximate surface area is 135 Å². The van der Waals surface area contributed by atoms with Gasteiger partial charge in [0.2, 0.25) is 0 Å². The number of hydrogen-bond donors (Lipinski definition) is 1. The average molecular weight is 300 g/mol. The van der Waals surface area contributed by atoms with E-state index in [0.717, 1.165) is 24.2 Å². The summed E-state index contributed by atoms with van der Waals surface area (Å²) in [7, 11) is 0. The van der Waals surface area contributed by atoms with Crippen molar-refractivity contribution >= 4 is 0 Å². The SMILES string of the molecule is CC=C1CCC2C3CCC4=C[C@H](O)CC[C@]4(C)C3CC[C@]12C. The van der Waals surface area contributed by atoms with Crippen molar-refractivity contribution in [3.05, 3.63) is 23.3 Å². The van der Waals surface area contributed by atoms with Crippen molar-refractivity contribution in [3.63, 3.8) is 0 Å². The van der Waals surface area contributed by atoms with Gasteiger partial charge in [-0.05, 0) is 86.9 Å². The lowest BCUT2D eigenvalue weighted by atomic mass is 9.47. The molecule has 0 aromatic rings. The highest BCUT2D eigenvalue weighted by molar-refractivity contribution is 5.28. The van der Waals surface area contributed by atoms with E-state index in [0.29, 0.717) is 10.8 Å². The van der Waals surface area contributed by atoms with Gasteiger partial charge in [-0.15, -0.1) is 0 Å². The smallest absolute Gasteiger partial charge is 0.0724 e. The minimum atomic E-state index is -0.172. The molecule has 0 aromatic heterocycles. The molecular weight excluding hydrogens is 268 g/mol. The van der Waals surface area contributed by atoms with Crippen LogP contribution in [0.4, 0.5) is 0 Å². The summed E-state index contributed by atoms with van der Waals surface area (Å²) in [5, 5.41) is 10.0. The average Bonchev–Trinajstić information content (AvgIpc) is 2.84. The van der Waals surface area contributed by atoms with Crippen molar-refractivity contribution in [2.75, 3.05) is 0 Å². The molecule has 4 aliphatic carbocycles. The van der Waals surface area contributed by atoms with E-state index in [2.05, 4.69) is 32.9 Å². The van der Waals surface area contributed by atoms with E-state index in [4.69, 9.17) is 0 Å². The summed E-state index contributed by atoms with van der Waals surface area (Å²) < 4.78 is 0. The summed E-state index contributed by atoms with van der Waals surface area (Å²) >= 11 is 0. The van der Waals surface area contributed by atoms with Crippen LogP contribution >= 0.6 is 0 Å². The lowest BCUT2D eigenvalue weighted by Gasteiger charge is -2.58. The van der Waals surface area contributed by atoms with Crippen LogP contribution in [-0.2, 0) is 0 Å². The van der Waals surface area contributed by atoms with Gasteiger partial charge in [0.25, 0.3) is 0 Å². The van der Waals surface area contributed by atoms with Crippen molar-refractivity contribution < 1.29 is 5.11 Å². The molecule has 1 nitrogen and oxygen atoms in total. The second-order valence-electron chi connectivity index (χ2n) is 8.94. The third kappa shape index (κ3) is 1.87. The third-order valence-electron chi connectivity index (χ3n) is 8.29. The number of fused-ring (bicyclic) bond motifs is 5. The summed E-state index contributed by atoms with van der Waals surface area (Å²) in [4.78, 5) is 0. The Hall–Kier alpha value is -0.560.